The quantitative estimate of drug-likeness (QED) is 0.538. The van der Waals surface area contributed by atoms with Crippen molar-refractivity contribution in [3.63, 3.8) is 0 Å². The van der Waals surface area contributed by atoms with Gasteiger partial charge in [-0.3, -0.25) is 0 Å². The largest absolute Gasteiger partial charge is 0.388 e. The van der Waals surface area contributed by atoms with Gasteiger partial charge in [0.05, 0.1) is 6.10 Å². The van der Waals surface area contributed by atoms with Crippen molar-refractivity contribution in [1.82, 2.24) is 0 Å². The zero-order valence-electron chi connectivity index (χ0n) is 7.27. The van der Waals surface area contributed by atoms with E-state index in [9.17, 15) is 5.11 Å². The van der Waals surface area contributed by atoms with Crippen molar-refractivity contribution in [2.45, 2.75) is 19.4 Å². The van der Waals surface area contributed by atoms with Crippen LogP contribution in [0, 0.1) is 23.7 Å². The first kappa shape index (κ1) is 6.90. The van der Waals surface area contributed by atoms with E-state index >= 15 is 0 Å². The van der Waals surface area contributed by atoms with E-state index in [1.165, 1.54) is 12.0 Å². The number of allylic oxidation sites excluding steroid dienone is 3. The van der Waals surface area contributed by atoms with Crippen LogP contribution in [0.25, 0.3) is 0 Å². The van der Waals surface area contributed by atoms with Crippen molar-refractivity contribution in [3.8, 4) is 0 Å². The monoisotopic (exact) mass is 162 g/mol. The molecule has 0 spiro atoms. The third-order valence-corrected chi connectivity index (χ3v) is 3.87. The van der Waals surface area contributed by atoms with E-state index in [1.807, 2.05) is 0 Å². The molecule has 0 aromatic heterocycles. The number of aliphatic hydroxyl groups is 1. The van der Waals surface area contributed by atoms with Gasteiger partial charge in [0.25, 0.3) is 0 Å². The summed E-state index contributed by atoms with van der Waals surface area (Å²) in [4.78, 5) is 0. The molecule has 3 rings (SSSR count). The molecule has 0 aliphatic heterocycles. The van der Waals surface area contributed by atoms with E-state index in [0.29, 0.717) is 17.8 Å². The molecule has 64 valence electrons. The summed E-state index contributed by atoms with van der Waals surface area (Å²) in [7, 11) is 0. The number of aliphatic hydroxyl groups excluding tert-OH is 1. The highest BCUT2D eigenvalue weighted by Gasteiger charge is 2.49. The fourth-order valence-electron chi connectivity index (χ4n) is 3.28. The molecule has 0 aromatic rings. The molecular formula is C11H14O. The Morgan fingerprint density at radius 3 is 2.83 bits per heavy atom. The molecule has 0 saturated heterocycles. The molecule has 1 unspecified atom stereocenters. The van der Waals surface area contributed by atoms with Gasteiger partial charge in [0.2, 0.25) is 0 Å². The van der Waals surface area contributed by atoms with Gasteiger partial charge in [-0.25, -0.2) is 0 Å². The van der Waals surface area contributed by atoms with Gasteiger partial charge in [0, 0.05) is 5.92 Å². The molecule has 1 nitrogen and oxygen atoms in total. The van der Waals surface area contributed by atoms with Crippen LogP contribution in [-0.2, 0) is 0 Å². The summed E-state index contributed by atoms with van der Waals surface area (Å²) >= 11 is 0. The van der Waals surface area contributed by atoms with E-state index in [4.69, 9.17) is 0 Å². The van der Waals surface area contributed by atoms with Crippen molar-refractivity contribution < 1.29 is 5.11 Å². The first-order chi connectivity index (χ1) is 5.77. The lowest BCUT2D eigenvalue weighted by molar-refractivity contribution is 0.124. The Morgan fingerprint density at radius 1 is 1.33 bits per heavy atom. The molecule has 1 saturated carbocycles. The van der Waals surface area contributed by atoms with Crippen molar-refractivity contribution >= 4 is 0 Å². The van der Waals surface area contributed by atoms with Crippen molar-refractivity contribution in [2.75, 3.05) is 0 Å². The Morgan fingerprint density at radius 2 is 2.08 bits per heavy atom. The van der Waals surface area contributed by atoms with Gasteiger partial charge in [-0.15, -0.1) is 0 Å². The summed E-state index contributed by atoms with van der Waals surface area (Å²) in [5.74, 6) is 2.60. The summed E-state index contributed by atoms with van der Waals surface area (Å²) < 4.78 is 0. The normalized spacial score (nSPS) is 54.5. The van der Waals surface area contributed by atoms with E-state index in [0.717, 1.165) is 5.92 Å². The first-order valence-corrected chi connectivity index (χ1v) is 4.82. The minimum absolute atomic E-state index is 0.144. The van der Waals surface area contributed by atoms with Crippen molar-refractivity contribution in [2.24, 2.45) is 23.7 Å². The predicted molar refractivity (Wildman–Crippen MR) is 47.5 cm³/mol. The Labute approximate surface area is 72.8 Å². The Bertz CT molecular complexity index is 277. The molecule has 0 aromatic carbocycles. The molecule has 3 aliphatic rings. The maximum atomic E-state index is 9.89. The highest BCUT2D eigenvalue weighted by atomic mass is 16.3. The van der Waals surface area contributed by atoms with Crippen LogP contribution in [0.2, 0.25) is 0 Å². The maximum absolute atomic E-state index is 9.89. The second kappa shape index (κ2) is 2.02. The highest BCUT2D eigenvalue weighted by Crippen LogP contribution is 2.54. The average Bonchev–Trinajstić information content (AvgIpc) is 2.66. The van der Waals surface area contributed by atoms with Gasteiger partial charge >= 0.3 is 0 Å². The van der Waals surface area contributed by atoms with Crippen LogP contribution in [0.3, 0.4) is 0 Å². The third-order valence-electron chi connectivity index (χ3n) is 3.87. The second-order valence-corrected chi connectivity index (χ2v) is 4.46. The molecular weight excluding hydrogens is 148 g/mol. The topological polar surface area (TPSA) is 20.2 Å². The molecule has 3 aliphatic carbocycles. The molecule has 12 heavy (non-hydrogen) atoms. The van der Waals surface area contributed by atoms with Crippen LogP contribution >= 0.6 is 0 Å². The van der Waals surface area contributed by atoms with Crippen LogP contribution in [0.5, 0.6) is 0 Å². The molecule has 1 fully saturated rings. The molecule has 2 bridgehead atoms. The fourth-order valence-corrected chi connectivity index (χ4v) is 3.28. The Kier molecular flexibility index (Phi) is 1.16. The van der Waals surface area contributed by atoms with Gasteiger partial charge in [0.15, 0.2) is 0 Å². The van der Waals surface area contributed by atoms with Crippen LogP contribution < -0.4 is 0 Å². The van der Waals surface area contributed by atoms with Crippen LogP contribution in [-0.4, -0.2) is 11.2 Å². The van der Waals surface area contributed by atoms with Crippen LogP contribution in [0.4, 0.5) is 0 Å². The predicted octanol–water partition coefficient (Wildman–Crippen LogP) is 1.75. The van der Waals surface area contributed by atoms with E-state index in [1.54, 1.807) is 0 Å². The second-order valence-electron chi connectivity index (χ2n) is 4.46. The fraction of sp³-hybridized carbons (Fsp3) is 0.636. The third kappa shape index (κ3) is 0.639. The van der Waals surface area contributed by atoms with Crippen molar-refractivity contribution in [1.29, 1.82) is 0 Å². The van der Waals surface area contributed by atoms with Crippen molar-refractivity contribution in [3.05, 3.63) is 23.8 Å². The maximum Gasteiger partial charge on any atom is 0.0787 e. The standard InChI is InChI=1S/C11H14O/c1-6-4-9-7-2-3-8(5-7)10(9)11(6)12/h2-4,7-12H,5H2,1H3/t7-,8+,9-,10+,11?/m0/s1. The van der Waals surface area contributed by atoms with Gasteiger partial charge in [-0.1, -0.05) is 18.2 Å². The number of fused-ring (bicyclic) bond motifs is 5. The minimum atomic E-state index is -0.144. The first-order valence-electron chi connectivity index (χ1n) is 4.82. The van der Waals surface area contributed by atoms with E-state index in [-0.39, 0.29) is 6.10 Å². The summed E-state index contributed by atoms with van der Waals surface area (Å²) in [6, 6.07) is 0. The SMILES string of the molecule is CC1=C[C@@H]2[C@H](C1O)[C@@H]1C=C[C@H]2C1. The zero-order chi connectivity index (χ0) is 8.29. The lowest BCUT2D eigenvalue weighted by atomic mass is 9.84. The summed E-state index contributed by atoms with van der Waals surface area (Å²) in [5.41, 5.74) is 1.20. The highest BCUT2D eigenvalue weighted by molar-refractivity contribution is 5.29. The van der Waals surface area contributed by atoms with E-state index in [2.05, 4.69) is 25.2 Å². The van der Waals surface area contributed by atoms with Gasteiger partial charge < -0.3 is 5.11 Å². The summed E-state index contributed by atoms with van der Waals surface area (Å²) in [5, 5.41) is 9.89. The lowest BCUT2D eigenvalue weighted by Gasteiger charge is -2.23. The summed E-state index contributed by atoms with van der Waals surface area (Å²) in [6.45, 7) is 2.06. The van der Waals surface area contributed by atoms with E-state index < -0.39 is 0 Å². The molecule has 0 amide bonds. The average molecular weight is 162 g/mol. The van der Waals surface area contributed by atoms with Gasteiger partial charge in [0.1, 0.15) is 0 Å². The zero-order valence-corrected chi connectivity index (χ0v) is 7.27. The lowest BCUT2D eigenvalue weighted by Crippen LogP contribution is -2.25. The number of hydrogen-bond donors (Lipinski definition) is 1. The smallest absolute Gasteiger partial charge is 0.0787 e. The van der Waals surface area contributed by atoms with Crippen LogP contribution in [0.1, 0.15) is 13.3 Å². The molecule has 0 radical (unpaired) electrons. The number of rotatable bonds is 0. The Hall–Kier alpha value is -0.560. The van der Waals surface area contributed by atoms with Gasteiger partial charge in [-0.2, -0.15) is 0 Å². The molecule has 5 atom stereocenters. The van der Waals surface area contributed by atoms with Gasteiger partial charge in [-0.05, 0) is 36.7 Å². The Balaban J connectivity index is 2.01. The molecule has 1 heteroatoms. The molecule has 0 heterocycles. The molecule has 1 N–H and O–H groups in total. The number of hydrogen-bond acceptors (Lipinski definition) is 1. The van der Waals surface area contributed by atoms with Crippen LogP contribution in [0.15, 0.2) is 23.8 Å². The minimum Gasteiger partial charge on any atom is -0.388 e. The summed E-state index contributed by atoms with van der Waals surface area (Å²) in [6.07, 6.45) is 8.09.